The van der Waals surface area contributed by atoms with Crippen molar-refractivity contribution in [3.8, 4) is 0 Å². The molecule has 2 atom stereocenters. The molecule has 1 amide bonds. The van der Waals surface area contributed by atoms with Crippen LogP contribution in [0, 0.1) is 5.92 Å². The van der Waals surface area contributed by atoms with Gasteiger partial charge in [-0.15, -0.1) is 11.3 Å². The molecule has 0 fully saturated rings. The van der Waals surface area contributed by atoms with Gasteiger partial charge in [0.25, 0.3) is 0 Å². The van der Waals surface area contributed by atoms with E-state index in [4.69, 9.17) is 5.73 Å². The number of nitrogens with one attached hydrogen (secondary N) is 1. The van der Waals surface area contributed by atoms with Crippen LogP contribution in [0.1, 0.15) is 23.1 Å². The molecule has 1 aromatic heterocycles. The van der Waals surface area contributed by atoms with Gasteiger partial charge >= 0.3 is 0 Å². The quantitative estimate of drug-likeness (QED) is 0.801. The smallest absolute Gasteiger partial charge is 0.227 e. The molecule has 0 bridgehead atoms. The molecular weight excluding hydrogens is 232 g/mol. The summed E-state index contributed by atoms with van der Waals surface area (Å²) in [6, 6.07) is 4.25. The molecule has 4 heteroatoms. The molecule has 0 aliphatic heterocycles. The third-order valence-electron chi connectivity index (χ3n) is 2.96. The van der Waals surface area contributed by atoms with E-state index in [9.17, 15) is 4.79 Å². The highest BCUT2D eigenvalue weighted by Gasteiger charge is 2.22. The zero-order valence-corrected chi connectivity index (χ0v) is 10.8. The van der Waals surface area contributed by atoms with Crippen LogP contribution in [0.3, 0.4) is 0 Å². The van der Waals surface area contributed by atoms with Crippen LogP contribution in [0.15, 0.2) is 24.3 Å². The Labute approximate surface area is 106 Å². The Hall–Kier alpha value is -1.13. The molecule has 1 aliphatic carbocycles. The maximum Gasteiger partial charge on any atom is 0.227 e. The lowest BCUT2D eigenvalue weighted by molar-refractivity contribution is -0.123. The molecule has 0 spiro atoms. The number of thiophene rings is 1. The summed E-state index contributed by atoms with van der Waals surface area (Å²) in [5.74, 6) is 0.0382. The predicted molar refractivity (Wildman–Crippen MR) is 70.8 cm³/mol. The molecule has 0 aromatic carbocycles. The molecule has 17 heavy (non-hydrogen) atoms. The minimum Gasteiger partial charge on any atom is -0.351 e. The average molecular weight is 250 g/mol. The van der Waals surface area contributed by atoms with Crippen molar-refractivity contribution >= 4 is 17.2 Å². The molecule has 3 nitrogen and oxygen atoms in total. The van der Waals surface area contributed by atoms with Crippen LogP contribution in [0.25, 0.3) is 0 Å². The maximum absolute atomic E-state index is 11.8. The fourth-order valence-electron chi connectivity index (χ4n) is 1.93. The summed E-state index contributed by atoms with van der Waals surface area (Å²) < 4.78 is 0. The molecule has 1 aromatic rings. The molecular formula is C13H18N2OS. The molecule has 1 heterocycles. The third kappa shape index (κ3) is 3.17. The van der Waals surface area contributed by atoms with Crippen molar-refractivity contribution in [3.05, 3.63) is 34.0 Å². The number of carbonyl (C=O) groups excluding carboxylic acids is 1. The highest BCUT2D eigenvalue weighted by molar-refractivity contribution is 7.11. The van der Waals surface area contributed by atoms with E-state index in [1.165, 1.54) is 9.75 Å². The Morgan fingerprint density at radius 2 is 2.24 bits per heavy atom. The number of rotatable bonds is 4. The molecule has 0 saturated heterocycles. The van der Waals surface area contributed by atoms with Gasteiger partial charge in [-0.25, -0.2) is 0 Å². The van der Waals surface area contributed by atoms with Crippen LogP contribution in [0.4, 0.5) is 0 Å². The fourth-order valence-corrected chi connectivity index (χ4v) is 2.83. The van der Waals surface area contributed by atoms with Crippen molar-refractivity contribution < 1.29 is 4.79 Å². The molecule has 3 N–H and O–H groups in total. The largest absolute Gasteiger partial charge is 0.351 e. The van der Waals surface area contributed by atoms with Gasteiger partial charge in [0.1, 0.15) is 0 Å². The molecule has 0 saturated carbocycles. The first-order valence-corrected chi connectivity index (χ1v) is 6.80. The SMILES string of the molecule is CCc1ccc(CNC(=O)C2C=CC(N)C2)s1. The van der Waals surface area contributed by atoms with Crippen LogP contribution in [-0.4, -0.2) is 11.9 Å². The monoisotopic (exact) mass is 250 g/mol. The number of carbonyl (C=O) groups is 1. The van der Waals surface area contributed by atoms with Gasteiger partial charge in [-0.05, 0) is 25.0 Å². The number of hydrogen-bond donors (Lipinski definition) is 2. The third-order valence-corrected chi connectivity index (χ3v) is 4.19. The summed E-state index contributed by atoms with van der Waals surface area (Å²) in [6.45, 7) is 2.77. The summed E-state index contributed by atoms with van der Waals surface area (Å²) >= 11 is 1.76. The van der Waals surface area contributed by atoms with Crippen molar-refractivity contribution in [2.75, 3.05) is 0 Å². The number of hydrogen-bond acceptors (Lipinski definition) is 3. The van der Waals surface area contributed by atoms with Crippen molar-refractivity contribution in [3.63, 3.8) is 0 Å². The Morgan fingerprint density at radius 1 is 1.47 bits per heavy atom. The summed E-state index contributed by atoms with van der Waals surface area (Å²) in [7, 11) is 0. The maximum atomic E-state index is 11.8. The van der Waals surface area contributed by atoms with Gasteiger partial charge in [0.2, 0.25) is 5.91 Å². The van der Waals surface area contributed by atoms with Crippen molar-refractivity contribution in [1.29, 1.82) is 0 Å². The van der Waals surface area contributed by atoms with E-state index in [0.717, 1.165) is 12.8 Å². The molecule has 0 radical (unpaired) electrons. The van der Waals surface area contributed by atoms with E-state index in [0.29, 0.717) is 6.54 Å². The number of nitrogens with two attached hydrogens (primary N) is 1. The summed E-state index contributed by atoms with van der Waals surface area (Å²) in [6.07, 6.45) is 5.60. The molecule has 2 rings (SSSR count). The van der Waals surface area contributed by atoms with Gasteiger partial charge in [0.05, 0.1) is 12.5 Å². The predicted octanol–water partition coefficient (Wildman–Crippen LogP) is 1.83. The Morgan fingerprint density at radius 3 is 2.82 bits per heavy atom. The van der Waals surface area contributed by atoms with Gasteiger partial charge < -0.3 is 11.1 Å². The Bertz CT molecular complexity index is 425. The second-order valence-corrected chi connectivity index (χ2v) is 5.58. The van der Waals surface area contributed by atoms with Crippen LogP contribution in [0.2, 0.25) is 0 Å². The van der Waals surface area contributed by atoms with Crippen LogP contribution >= 0.6 is 11.3 Å². The van der Waals surface area contributed by atoms with Crippen LogP contribution in [-0.2, 0) is 17.8 Å². The molecule has 2 unspecified atom stereocenters. The second-order valence-electron chi connectivity index (χ2n) is 4.33. The molecule has 92 valence electrons. The highest BCUT2D eigenvalue weighted by atomic mass is 32.1. The minimum atomic E-state index is -0.0457. The van der Waals surface area contributed by atoms with Gasteiger partial charge in [-0.1, -0.05) is 19.1 Å². The summed E-state index contributed by atoms with van der Waals surface area (Å²) in [5, 5.41) is 2.96. The van der Waals surface area contributed by atoms with Crippen LogP contribution in [0.5, 0.6) is 0 Å². The fraction of sp³-hybridized carbons (Fsp3) is 0.462. The normalized spacial score (nSPS) is 22.9. The lowest BCUT2D eigenvalue weighted by Crippen LogP contribution is -2.30. The van der Waals surface area contributed by atoms with Crippen molar-refractivity contribution in [2.45, 2.75) is 32.4 Å². The summed E-state index contributed by atoms with van der Waals surface area (Å²) in [4.78, 5) is 14.4. The first kappa shape index (κ1) is 12.3. The number of aryl methyl sites for hydroxylation is 1. The first-order chi connectivity index (χ1) is 8.19. The van der Waals surface area contributed by atoms with Gasteiger partial charge in [-0.3, -0.25) is 4.79 Å². The van der Waals surface area contributed by atoms with Gasteiger partial charge in [0, 0.05) is 15.8 Å². The van der Waals surface area contributed by atoms with E-state index >= 15 is 0 Å². The minimum absolute atomic E-state index is 0.0409. The lowest BCUT2D eigenvalue weighted by atomic mass is 10.1. The van der Waals surface area contributed by atoms with Crippen LogP contribution < -0.4 is 11.1 Å². The van der Waals surface area contributed by atoms with E-state index < -0.39 is 0 Å². The standard InChI is InChI=1S/C13H18N2OS/c1-2-11-5-6-12(17-11)8-15-13(16)9-3-4-10(14)7-9/h3-6,9-10H,2,7-8,14H2,1H3,(H,15,16). The van der Waals surface area contributed by atoms with E-state index in [2.05, 4.69) is 24.4 Å². The zero-order chi connectivity index (χ0) is 12.3. The topological polar surface area (TPSA) is 55.1 Å². The first-order valence-electron chi connectivity index (χ1n) is 5.98. The Balaban J connectivity index is 1.82. The average Bonchev–Trinajstić information content (AvgIpc) is 2.94. The number of amides is 1. The van der Waals surface area contributed by atoms with E-state index in [1.807, 2.05) is 12.2 Å². The zero-order valence-electron chi connectivity index (χ0n) is 9.98. The highest BCUT2D eigenvalue weighted by Crippen LogP contribution is 2.18. The van der Waals surface area contributed by atoms with Crippen molar-refractivity contribution in [2.24, 2.45) is 11.7 Å². The molecule has 1 aliphatic rings. The van der Waals surface area contributed by atoms with Gasteiger partial charge in [-0.2, -0.15) is 0 Å². The van der Waals surface area contributed by atoms with E-state index in [-0.39, 0.29) is 17.9 Å². The van der Waals surface area contributed by atoms with Crippen molar-refractivity contribution in [1.82, 2.24) is 5.32 Å². The van der Waals surface area contributed by atoms with E-state index in [1.54, 1.807) is 11.3 Å². The summed E-state index contributed by atoms with van der Waals surface area (Å²) in [5.41, 5.74) is 5.73. The Kier molecular flexibility index (Phi) is 3.97. The lowest BCUT2D eigenvalue weighted by Gasteiger charge is -2.09. The van der Waals surface area contributed by atoms with Gasteiger partial charge in [0.15, 0.2) is 0 Å². The second kappa shape index (κ2) is 5.47.